The molecule has 3 saturated carbocycles. The lowest BCUT2D eigenvalue weighted by Crippen LogP contribution is -2.72. The molecular weight excluding hydrogens is 825 g/mol. The number of nitriles is 1. The van der Waals surface area contributed by atoms with Gasteiger partial charge in [0.25, 0.3) is 5.91 Å². The number of methoxy groups -OCH3 is 1. The van der Waals surface area contributed by atoms with Crippen LogP contribution in [0.2, 0.25) is 0 Å². The number of nitrogens with one attached hydrogen (secondary N) is 2. The molecular formula is C50H56N8O7. The molecule has 5 fully saturated rings. The molecule has 3 aliphatic carbocycles. The molecule has 8 bridgehead atoms. The summed E-state index contributed by atoms with van der Waals surface area (Å²) < 4.78 is 27.4. The van der Waals surface area contributed by atoms with Crippen molar-refractivity contribution in [3.05, 3.63) is 90.0 Å². The van der Waals surface area contributed by atoms with Gasteiger partial charge < -0.3 is 28.5 Å². The molecule has 338 valence electrons. The van der Waals surface area contributed by atoms with Gasteiger partial charge in [-0.3, -0.25) is 29.4 Å². The van der Waals surface area contributed by atoms with Gasteiger partial charge in [0, 0.05) is 64.9 Å². The molecule has 2 amide bonds. The monoisotopic (exact) mass is 880 g/mol. The molecule has 6 aliphatic rings. The van der Waals surface area contributed by atoms with Crippen LogP contribution in [0.5, 0.6) is 0 Å². The zero-order valence-corrected chi connectivity index (χ0v) is 37.7. The number of benzene rings is 1. The second-order valence-corrected chi connectivity index (χ2v) is 19.7. The predicted octanol–water partition coefficient (Wildman–Crippen LogP) is 7.20. The summed E-state index contributed by atoms with van der Waals surface area (Å²) in [5.41, 5.74) is 9.34. The number of hydrogen-bond acceptors (Lipinski definition) is 12. The minimum absolute atomic E-state index is 0.000227. The van der Waals surface area contributed by atoms with Crippen molar-refractivity contribution in [2.75, 3.05) is 13.7 Å². The van der Waals surface area contributed by atoms with Crippen LogP contribution in [0.3, 0.4) is 0 Å². The van der Waals surface area contributed by atoms with Crippen LogP contribution in [0.25, 0.3) is 33.4 Å². The maximum absolute atomic E-state index is 15.1. The van der Waals surface area contributed by atoms with Gasteiger partial charge in [0.05, 0.1) is 48.4 Å². The molecule has 0 spiro atoms. The number of hydrogen-bond donors (Lipinski definition) is 2. The Labute approximate surface area is 378 Å². The summed E-state index contributed by atoms with van der Waals surface area (Å²) in [4.78, 5) is 57.7. The number of rotatable bonds is 9. The highest BCUT2D eigenvalue weighted by atomic mass is 16.5. The zero-order chi connectivity index (χ0) is 45.3. The first-order valence-corrected chi connectivity index (χ1v) is 22.9. The molecule has 3 aliphatic heterocycles. The van der Waals surface area contributed by atoms with E-state index in [1.165, 1.54) is 5.01 Å². The molecule has 4 aromatic heterocycles. The topological polar surface area (TPSA) is 187 Å². The number of fused-ring (bicyclic) bond motifs is 4. The SMILES string of the molecule is CO[C@@H](C)c1ncccc1-c1c2c3cc(ccc3n1C1CC(C#N)C1)-c1coc(n1)[C@@H](OCc1ccccn1)[C@H](NC(=O)C1[C@@H](C)[C@H]1C)C(=O)N1N[C@H](C(=O)OCC(C)(C)C2)C2CC1C2. The normalized spacial score (nSPS) is 29.7. The Morgan fingerprint density at radius 2 is 1.83 bits per heavy atom. The van der Waals surface area contributed by atoms with Gasteiger partial charge in [-0.2, -0.15) is 5.26 Å². The summed E-state index contributed by atoms with van der Waals surface area (Å²) in [5.74, 6) is -1.09. The van der Waals surface area contributed by atoms with Gasteiger partial charge in [-0.05, 0) is 98.7 Å². The van der Waals surface area contributed by atoms with E-state index in [9.17, 15) is 14.9 Å². The molecule has 7 heterocycles. The number of ether oxygens (including phenoxy) is 3. The lowest BCUT2D eigenvalue weighted by molar-refractivity contribution is -0.173. The number of amides is 2. The first-order chi connectivity index (χ1) is 31.3. The third-order valence-corrected chi connectivity index (χ3v) is 14.8. The second kappa shape index (κ2) is 16.8. The third kappa shape index (κ3) is 7.79. The zero-order valence-electron chi connectivity index (χ0n) is 37.7. The van der Waals surface area contributed by atoms with Crippen molar-refractivity contribution in [3.8, 4) is 28.6 Å². The first kappa shape index (κ1) is 43.0. The van der Waals surface area contributed by atoms with Gasteiger partial charge >= 0.3 is 5.97 Å². The third-order valence-electron chi connectivity index (χ3n) is 14.8. The molecule has 0 radical (unpaired) electrons. The van der Waals surface area contributed by atoms with Gasteiger partial charge in [-0.25, -0.2) is 10.4 Å². The van der Waals surface area contributed by atoms with Crippen LogP contribution in [0.1, 0.15) is 101 Å². The number of esters is 1. The summed E-state index contributed by atoms with van der Waals surface area (Å²) in [6.45, 7) is 10.3. The number of aromatic nitrogens is 4. The maximum Gasteiger partial charge on any atom is 0.325 e. The van der Waals surface area contributed by atoms with E-state index >= 15 is 4.79 Å². The number of cyclic esters (lactones) is 1. The largest absolute Gasteiger partial charge is 0.464 e. The fourth-order valence-electron chi connectivity index (χ4n) is 10.5. The van der Waals surface area contributed by atoms with Crippen LogP contribution < -0.4 is 10.7 Å². The van der Waals surface area contributed by atoms with E-state index in [-0.39, 0.29) is 72.8 Å². The van der Waals surface area contributed by atoms with Crippen molar-refractivity contribution >= 4 is 28.7 Å². The first-order valence-electron chi connectivity index (χ1n) is 22.9. The molecule has 1 unspecified atom stereocenters. The highest BCUT2D eigenvalue weighted by Gasteiger charge is 2.54. The average molecular weight is 881 g/mol. The number of oxazole rings is 1. The maximum atomic E-state index is 15.1. The molecule has 15 heteroatoms. The summed E-state index contributed by atoms with van der Waals surface area (Å²) in [6.07, 6.45) is 6.67. The Hall–Kier alpha value is -5.95. The van der Waals surface area contributed by atoms with E-state index in [4.69, 9.17) is 28.6 Å². The second-order valence-electron chi connectivity index (χ2n) is 19.7. The molecule has 2 saturated heterocycles. The van der Waals surface area contributed by atoms with Gasteiger partial charge in [0.1, 0.15) is 24.0 Å². The van der Waals surface area contributed by atoms with E-state index < -0.39 is 35.5 Å². The molecule has 11 rings (SSSR count). The minimum Gasteiger partial charge on any atom is -0.464 e. The smallest absolute Gasteiger partial charge is 0.325 e. The number of nitrogens with zero attached hydrogens (tertiary/aromatic N) is 6. The molecule has 2 N–H and O–H groups in total. The van der Waals surface area contributed by atoms with Crippen molar-refractivity contribution in [1.29, 1.82) is 5.26 Å². The van der Waals surface area contributed by atoms with E-state index in [2.05, 4.69) is 58.4 Å². The van der Waals surface area contributed by atoms with Gasteiger partial charge in [-0.1, -0.05) is 39.8 Å². The van der Waals surface area contributed by atoms with E-state index in [0.717, 1.165) is 39.0 Å². The van der Waals surface area contributed by atoms with Crippen molar-refractivity contribution in [1.82, 2.24) is 35.3 Å². The lowest BCUT2D eigenvalue weighted by Gasteiger charge is -2.53. The standard InChI is InChI=1S/C50H56N8O7/c1-26-27(2)40(26)46(59)55-43-45(63-23-32-10-7-8-14-52-32)47-54-38(24-64-47)30-12-13-39-36(20-30)37(21-50(4,5)25-65-49(61)42-31-18-34(19-31)58(56-42)48(43)60)44(57(39)33-16-29(17-33)22-51)35-11-9-15-53-41(35)28(3)62-6/h7-15,20,24,26-29,31,33-34,40,42-43,45,56H,16-19,21,23,25H2,1-6H3,(H,55,59)/t26-,27+,28-,29?,31?,33?,34?,40?,42-,43-,45-/m0/s1. The summed E-state index contributed by atoms with van der Waals surface area (Å²) in [5, 5.41) is 15.5. The minimum atomic E-state index is -1.27. The Morgan fingerprint density at radius 3 is 2.55 bits per heavy atom. The number of pyridine rings is 2. The highest BCUT2D eigenvalue weighted by molar-refractivity contribution is 5.95. The molecule has 5 aromatic rings. The fourth-order valence-corrected chi connectivity index (χ4v) is 10.5. The van der Waals surface area contributed by atoms with E-state index in [1.54, 1.807) is 25.8 Å². The van der Waals surface area contributed by atoms with Crippen molar-refractivity contribution in [2.45, 2.75) is 110 Å². The molecule has 15 nitrogen and oxygen atoms in total. The lowest BCUT2D eigenvalue weighted by atomic mass is 9.73. The molecule has 1 aromatic carbocycles. The van der Waals surface area contributed by atoms with Gasteiger partial charge in [0.2, 0.25) is 11.8 Å². The Kier molecular flexibility index (Phi) is 11.1. The molecule has 65 heavy (non-hydrogen) atoms. The summed E-state index contributed by atoms with van der Waals surface area (Å²) in [6, 6.07) is 16.0. The number of hydrazine groups is 1. The van der Waals surface area contributed by atoms with E-state index in [1.807, 2.05) is 51.1 Å². The summed E-state index contributed by atoms with van der Waals surface area (Å²) >= 11 is 0. The highest BCUT2D eigenvalue weighted by Crippen LogP contribution is 2.49. The Bertz CT molecular complexity index is 2670. The van der Waals surface area contributed by atoms with Gasteiger partial charge in [0.15, 0.2) is 6.10 Å². The van der Waals surface area contributed by atoms with Crippen molar-refractivity contribution in [2.24, 2.45) is 35.0 Å². The van der Waals surface area contributed by atoms with Crippen LogP contribution >= 0.6 is 0 Å². The van der Waals surface area contributed by atoms with E-state index in [0.29, 0.717) is 43.5 Å². The van der Waals surface area contributed by atoms with Crippen LogP contribution in [-0.2, 0) is 41.6 Å². The predicted molar refractivity (Wildman–Crippen MR) is 238 cm³/mol. The van der Waals surface area contributed by atoms with Crippen molar-refractivity contribution in [3.63, 3.8) is 0 Å². The Morgan fingerprint density at radius 1 is 1.05 bits per heavy atom. The number of carbonyl (C=O) groups excluding carboxylic acids is 3. The Balaban J connectivity index is 1.15. The fraction of sp³-hybridized carbons (Fsp3) is 0.500. The average Bonchev–Trinajstić information content (AvgIpc) is 3.55. The quantitative estimate of drug-likeness (QED) is 0.142. The van der Waals surface area contributed by atoms with Crippen LogP contribution in [0, 0.1) is 46.3 Å². The molecule has 7 atom stereocenters. The van der Waals surface area contributed by atoms with Crippen molar-refractivity contribution < 1.29 is 33.0 Å². The summed E-state index contributed by atoms with van der Waals surface area (Å²) in [7, 11) is 1.68. The van der Waals surface area contributed by atoms with Crippen LogP contribution in [0.15, 0.2) is 71.6 Å². The van der Waals surface area contributed by atoms with Crippen LogP contribution in [0.4, 0.5) is 0 Å². The van der Waals surface area contributed by atoms with Gasteiger partial charge in [-0.15, -0.1) is 0 Å². The van der Waals surface area contributed by atoms with Crippen LogP contribution in [-0.4, -0.2) is 74.2 Å². The number of carbonyl (C=O) groups is 3.